The number of fused-ring (bicyclic) bond motifs is 1. The van der Waals surface area contributed by atoms with Crippen LogP contribution in [0, 0.1) is 11.7 Å². The standard InChI is InChI=1S/C17H14F4N4O/c1-8-5-11-13(12(26)6-8)14(9-3-2-4-10(18)7-9)25-16(22-11)23-15(24-25)17(19,20)21/h2-4,7-8,14H,5-6H2,1H3,(H,22,23,24)/t8-,14+/m1/s1. The van der Waals surface area contributed by atoms with E-state index < -0.39 is 23.9 Å². The number of allylic oxidation sites excluding steroid dienone is 2. The van der Waals surface area contributed by atoms with Gasteiger partial charge in [-0.1, -0.05) is 19.1 Å². The van der Waals surface area contributed by atoms with Gasteiger partial charge in [0.1, 0.15) is 11.9 Å². The van der Waals surface area contributed by atoms with Crippen molar-refractivity contribution < 1.29 is 22.4 Å². The number of anilines is 1. The van der Waals surface area contributed by atoms with Gasteiger partial charge in [0.2, 0.25) is 5.95 Å². The van der Waals surface area contributed by atoms with Crippen LogP contribution in [-0.4, -0.2) is 20.5 Å². The van der Waals surface area contributed by atoms with Gasteiger partial charge < -0.3 is 5.32 Å². The predicted molar refractivity (Wildman–Crippen MR) is 83.6 cm³/mol. The molecule has 1 aliphatic carbocycles. The molecule has 26 heavy (non-hydrogen) atoms. The summed E-state index contributed by atoms with van der Waals surface area (Å²) in [6.07, 6.45) is -3.94. The quantitative estimate of drug-likeness (QED) is 0.782. The molecular formula is C17H14F4N4O. The molecule has 0 radical (unpaired) electrons. The number of alkyl halides is 3. The van der Waals surface area contributed by atoms with E-state index in [1.807, 2.05) is 6.92 Å². The second kappa shape index (κ2) is 5.65. The molecule has 2 heterocycles. The Morgan fingerprint density at radius 2 is 2.04 bits per heavy atom. The van der Waals surface area contributed by atoms with Crippen molar-refractivity contribution in [2.24, 2.45) is 5.92 Å². The molecule has 2 aromatic rings. The lowest BCUT2D eigenvalue weighted by Gasteiger charge is -2.34. The topological polar surface area (TPSA) is 59.8 Å². The van der Waals surface area contributed by atoms with E-state index in [4.69, 9.17) is 0 Å². The summed E-state index contributed by atoms with van der Waals surface area (Å²) >= 11 is 0. The Morgan fingerprint density at radius 3 is 2.73 bits per heavy atom. The van der Waals surface area contributed by atoms with Gasteiger partial charge in [-0.2, -0.15) is 18.2 Å². The minimum atomic E-state index is -4.73. The van der Waals surface area contributed by atoms with Gasteiger partial charge in [0.05, 0.1) is 0 Å². The van der Waals surface area contributed by atoms with Crippen LogP contribution in [0.4, 0.5) is 23.5 Å². The van der Waals surface area contributed by atoms with Crippen molar-refractivity contribution in [3.8, 4) is 0 Å². The number of rotatable bonds is 1. The van der Waals surface area contributed by atoms with Crippen LogP contribution in [-0.2, 0) is 11.0 Å². The van der Waals surface area contributed by atoms with E-state index >= 15 is 0 Å². The van der Waals surface area contributed by atoms with Crippen LogP contribution in [0.15, 0.2) is 35.5 Å². The zero-order chi connectivity index (χ0) is 18.6. The highest BCUT2D eigenvalue weighted by Crippen LogP contribution is 2.42. The second-order valence-electron chi connectivity index (χ2n) is 6.61. The van der Waals surface area contributed by atoms with Gasteiger partial charge in [-0.15, -0.1) is 5.10 Å². The summed E-state index contributed by atoms with van der Waals surface area (Å²) in [5.74, 6) is -2.08. The molecule has 0 fully saturated rings. The maximum Gasteiger partial charge on any atom is 0.453 e. The molecule has 1 aliphatic heterocycles. The maximum absolute atomic E-state index is 13.7. The van der Waals surface area contributed by atoms with Crippen LogP contribution in [0.25, 0.3) is 0 Å². The molecule has 1 aromatic heterocycles. The molecule has 1 aromatic carbocycles. The number of nitrogens with one attached hydrogen (secondary N) is 1. The van der Waals surface area contributed by atoms with Crippen LogP contribution in [0.3, 0.4) is 0 Å². The molecule has 5 nitrogen and oxygen atoms in total. The minimum absolute atomic E-state index is 0.0541. The summed E-state index contributed by atoms with van der Waals surface area (Å²) in [5, 5.41) is 6.38. The van der Waals surface area contributed by atoms with E-state index in [-0.39, 0.29) is 24.1 Å². The number of ketones is 1. The third-order valence-electron chi connectivity index (χ3n) is 4.54. The highest BCUT2D eigenvalue weighted by molar-refractivity contribution is 5.99. The SMILES string of the molecule is C[C@H]1CC(=O)C2=C(C1)Nc1nc(C(F)(F)F)nn1[C@H]2c1cccc(F)c1. The van der Waals surface area contributed by atoms with E-state index in [2.05, 4.69) is 15.4 Å². The Balaban J connectivity index is 1.92. The molecule has 0 bridgehead atoms. The third kappa shape index (κ3) is 2.67. The summed E-state index contributed by atoms with van der Waals surface area (Å²) < 4.78 is 54.0. The van der Waals surface area contributed by atoms with Crippen LogP contribution in [0.2, 0.25) is 0 Å². The number of benzene rings is 1. The van der Waals surface area contributed by atoms with Crippen LogP contribution in [0.1, 0.15) is 37.2 Å². The van der Waals surface area contributed by atoms with E-state index in [1.54, 1.807) is 6.07 Å². The van der Waals surface area contributed by atoms with Crippen molar-refractivity contribution in [1.29, 1.82) is 0 Å². The lowest BCUT2D eigenvalue weighted by Crippen LogP contribution is -2.33. The van der Waals surface area contributed by atoms with Gasteiger partial charge in [0.15, 0.2) is 5.78 Å². The fraction of sp³-hybridized carbons (Fsp3) is 0.353. The molecule has 0 saturated heterocycles. The summed E-state index contributed by atoms with van der Waals surface area (Å²) in [5.41, 5.74) is 1.19. The number of hydrogen-bond acceptors (Lipinski definition) is 4. The molecular weight excluding hydrogens is 352 g/mol. The number of hydrogen-bond donors (Lipinski definition) is 1. The molecule has 136 valence electrons. The lowest BCUT2D eigenvalue weighted by atomic mass is 9.81. The van der Waals surface area contributed by atoms with E-state index in [9.17, 15) is 22.4 Å². The summed E-state index contributed by atoms with van der Waals surface area (Å²) in [4.78, 5) is 16.2. The summed E-state index contributed by atoms with van der Waals surface area (Å²) in [7, 11) is 0. The third-order valence-corrected chi connectivity index (χ3v) is 4.54. The van der Waals surface area contributed by atoms with E-state index in [0.29, 0.717) is 23.3 Å². The van der Waals surface area contributed by atoms with Crippen LogP contribution in [0.5, 0.6) is 0 Å². The van der Waals surface area contributed by atoms with Crippen molar-refractivity contribution in [2.75, 3.05) is 5.32 Å². The Kier molecular flexibility index (Phi) is 3.64. The van der Waals surface area contributed by atoms with Crippen molar-refractivity contribution in [2.45, 2.75) is 32.0 Å². The van der Waals surface area contributed by atoms with Crippen molar-refractivity contribution in [3.05, 3.63) is 52.7 Å². The fourth-order valence-corrected chi connectivity index (χ4v) is 3.51. The first-order valence-corrected chi connectivity index (χ1v) is 8.06. The molecule has 0 saturated carbocycles. The Labute approximate surface area is 145 Å². The molecule has 2 aliphatic rings. The smallest absolute Gasteiger partial charge is 0.328 e. The van der Waals surface area contributed by atoms with Gasteiger partial charge in [0.25, 0.3) is 5.82 Å². The number of aromatic nitrogens is 3. The van der Waals surface area contributed by atoms with Crippen LogP contribution < -0.4 is 5.32 Å². The summed E-state index contributed by atoms with van der Waals surface area (Å²) in [6, 6.07) is 4.50. The van der Waals surface area contributed by atoms with E-state index in [1.165, 1.54) is 18.2 Å². The monoisotopic (exact) mass is 366 g/mol. The van der Waals surface area contributed by atoms with Gasteiger partial charge >= 0.3 is 6.18 Å². The molecule has 0 spiro atoms. The predicted octanol–water partition coefficient (Wildman–Crippen LogP) is 3.70. The van der Waals surface area contributed by atoms with Crippen LogP contribution >= 0.6 is 0 Å². The lowest BCUT2D eigenvalue weighted by molar-refractivity contribution is -0.145. The average molecular weight is 366 g/mol. The normalized spacial score (nSPS) is 22.7. The Morgan fingerprint density at radius 1 is 1.27 bits per heavy atom. The zero-order valence-electron chi connectivity index (χ0n) is 13.6. The van der Waals surface area contributed by atoms with Crippen molar-refractivity contribution in [3.63, 3.8) is 0 Å². The number of carbonyl (C=O) groups excluding carboxylic acids is 1. The highest BCUT2D eigenvalue weighted by atomic mass is 19.4. The molecule has 1 N–H and O–H groups in total. The number of halogens is 4. The average Bonchev–Trinajstić information content (AvgIpc) is 2.96. The Bertz CT molecular complexity index is 931. The minimum Gasteiger partial charge on any atom is -0.328 e. The molecule has 9 heteroatoms. The molecule has 0 amide bonds. The number of nitrogens with zero attached hydrogens (tertiary/aromatic N) is 3. The van der Waals surface area contributed by atoms with Gasteiger partial charge in [-0.25, -0.2) is 9.07 Å². The number of Topliss-reactive ketones (excluding diaryl/α,β-unsaturated/α-hetero) is 1. The Hall–Kier alpha value is -2.71. The maximum atomic E-state index is 13.7. The fourth-order valence-electron chi connectivity index (χ4n) is 3.51. The first-order chi connectivity index (χ1) is 12.2. The van der Waals surface area contributed by atoms with Gasteiger partial charge in [0, 0.05) is 17.7 Å². The second-order valence-corrected chi connectivity index (χ2v) is 6.61. The highest BCUT2D eigenvalue weighted by Gasteiger charge is 2.43. The first kappa shape index (κ1) is 16.7. The van der Waals surface area contributed by atoms with Gasteiger partial charge in [-0.05, 0) is 30.0 Å². The number of carbonyl (C=O) groups is 1. The largest absolute Gasteiger partial charge is 0.453 e. The van der Waals surface area contributed by atoms with Gasteiger partial charge in [-0.3, -0.25) is 4.79 Å². The van der Waals surface area contributed by atoms with Crippen molar-refractivity contribution >= 4 is 11.7 Å². The van der Waals surface area contributed by atoms with E-state index in [0.717, 1.165) is 4.68 Å². The van der Waals surface area contributed by atoms with Crippen molar-refractivity contribution in [1.82, 2.24) is 14.8 Å². The summed E-state index contributed by atoms with van der Waals surface area (Å²) in [6.45, 7) is 1.89. The zero-order valence-corrected chi connectivity index (χ0v) is 13.6. The first-order valence-electron chi connectivity index (χ1n) is 8.06. The molecule has 0 unspecified atom stereocenters. The molecule has 2 atom stereocenters. The molecule has 4 rings (SSSR count).